The molecule has 1 heterocycles. The number of hydrogen-bond donors (Lipinski definition) is 1. The van der Waals surface area contributed by atoms with Gasteiger partial charge in [0.2, 0.25) is 0 Å². The molecule has 0 aliphatic carbocycles. The van der Waals surface area contributed by atoms with E-state index in [0.717, 1.165) is 13.1 Å². The van der Waals surface area contributed by atoms with E-state index in [1.807, 2.05) is 0 Å². The molecule has 0 spiro atoms. The number of ether oxygens (including phenoxy) is 1. The van der Waals surface area contributed by atoms with Crippen LogP contribution in [-0.4, -0.2) is 41.2 Å². The molecule has 1 aromatic rings. The highest BCUT2D eigenvalue weighted by molar-refractivity contribution is 5.90. The molecule has 0 saturated carbocycles. The van der Waals surface area contributed by atoms with Crippen LogP contribution in [0.3, 0.4) is 0 Å². The van der Waals surface area contributed by atoms with Crippen LogP contribution in [0.1, 0.15) is 37.0 Å². The van der Waals surface area contributed by atoms with Crippen molar-refractivity contribution in [1.82, 2.24) is 4.90 Å². The summed E-state index contributed by atoms with van der Waals surface area (Å²) in [5.74, 6) is -0.496. The van der Waals surface area contributed by atoms with Crippen molar-refractivity contribution in [2.75, 3.05) is 19.7 Å². The van der Waals surface area contributed by atoms with Crippen LogP contribution in [0.5, 0.6) is 5.75 Å². The van der Waals surface area contributed by atoms with Gasteiger partial charge in [0.05, 0.1) is 0 Å². The van der Waals surface area contributed by atoms with Gasteiger partial charge >= 0.3 is 5.97 Å². The summed E-state index contributed by atoms with van der Waals surface area (Å²) in [4.78, 5) is 13.5. The van der Waals surface area contributed by atoms with Gasteiger partial charge in [-0.05, 0) is 45.4 Å². The minimum absolute atomic E-state index is 0.225. The third-order valence-corrected chi connectivity index (χ3v) is 3.81. The average Bonchev–Trinajstić information content (AvgIpc) is 2.69. The Hall–Kier alpha value is -1.55. The van der Waals surface area contributed by atoms with E-state index in [4.69, 9.17) is 9.84 Å². The predicted octanol–water partition coefficient (Wildman–Crippen LogP) is 2.64. The summed E-state index contributed by atoms with van der Waals surface area (Å²) in [7, 11) is 0. The zero-order valence-electron chi connectivity index (χ0n) is 11.6. The van der Waals surface area contributed by atoms with Crippen LogP contribution < -0.4 is 4.74 Å². The van der Waals surface area contributed by atoms with E-state index >= 15 is 0 Å². The van der Waals surface area contributed by atoms with Crippen LogP contribution in [0.15, 0.2) is 24.3 Å². The fourth-order valence-corrected chi connectivity index (χ4v) is 2.61. The number of carboxylic acid groups (broad SMARTS) is 1. The molecule has 19 heavy (non-hydrogen) atoms. The Labute approximate surface area is 114 Å². The van der Waals surface area contributed by atoms with Gasteiger partial charge in [0.25, 0.3) is 0 Å². The first-order chi connectivity index (χ1) is 9.00. The van der Waals surface area contributed by atoms with Crippen LogP contribution in [0.4, 0.5) is 0 Å². The highest BCUT2D eigenvalue weighted by Gasteiger charge is 2.31. The van der Waals surface area contributed by atoms with Crippen LogP contribution >= 0.6 is 0 Å². The number of rotatable bonds is 5. The predicted molar refractivity (Wildman–Crippen MR) is 73.8 cm³/mol. The highest BCUT2D eigenvalue weighted by Crippen LogP contribution is 2.27. The van der Waals surface area contributed by atoms with Gasteiger partial charge in [0, 0.05) is 12.1 Å². The van der Waals surface area contributed by atoms with Gasteiger partial charge in [-0.3, -0.25) is 4.90 Å². The Balaban J connectivity index is 1.91. The van der Waals surface area contributed by atoms with Crippen molar-refractivity contribution in [1.29, 1.82) is 0 Å². The zero-order chi connectivity index (χ0) is 13.9. The van der Waals surface area contributed by atoms with Crippen LogP contribution in [0.2, 0.25) is 0 Å². The van der Waals surface area contributed by atoms with Gasteiger partial charge in [0.15, 0.2) is 0 Å². The molecule has 4 nitrogen and oxygen atoms in total. The molecule has 1 aliphatic rings. The third-order valence-electron chi connectivity index (χ3n) is 3.81. The topological polar surface area (TPSA) is 49.8 Å². The maximum atomic E-state index is 11.1. The van der Waals surface area contributed by atoms with Crippen molar-refractivity contribution in [3.63, 3.8) is 0 Å². The minimum atomic E-state index is -0.947. The molecule has 1 saturated heterocycles. The molecule has 2 rings (SSSR count). The summed E-state index contributed by atoms with van der Waals surface area (Å²) in [5.41, 5.74) is 0.457. The largest absolute Gasteiger partial charge is 0.491 e. The number of likely N-dealkylation sites (tertiary alicyclic amines) is 1. The molecule has 0 atom stereocenters. The molecular formula is C15H21NO3. The van der Waals surface area contributed by atoms with Gasteiger partial charge in [-0.1, -0.05) is 12.1 Å². The summed E-state index contributed by atoms with van der Waals surface area (Å²) in [6.45, 7) is 6.93. The number of para-hydroxylation sites is 1. The lowest BCUT2D eigenvalue weighted by atomic mass is 10.0. The highest BCUT2D eigenvalue weighted by atomic mass is 16.5. The molecule has 0 aromatic heterocycles. The molecule has 0 bridgehead atoms. The maximum absolute atomic E-state index is 11.1. The number of nitrogens with zero attached hydrogens (tertiary/aromatic N) is 1. The lowest BCUT2D eigenvalue weighted by Crippen LogP contribution is -2.40. The summed E-state index contributed by atoms with van der Waals surface area (Å²) >= 11 is 0. The van der Waals surface area contributed by atoms with Gasteiger partial charge in [-0.2, -0.15) is 0 Å². The molecule has 104 valence electrons. The number of hydrogen-bond acceptors (Lipinski definition) is 3. The minimum Gasteiger partial charge on any atom is -0.491 e. The lowest BCUT2D eigenvalue weighted by Gasteiger charge is -2.31. The summed E-state index contributed by atoms with van der Waals surface area (Å²) < 4.78 is 5.63. The van der Waals surface area contributed by atoms with Crippen LogP contribution in [-0.2, 0) is 0 Å². The molecule has 0 unspecified atom stereocenters. The standard InChI is InChI=1S/C15H21NO3/c1-15(2)8-5-9-16(15)10-11-19-13-7-4-3-6-12(13)14(17)18/h3-4,6-7H,5,8-11H2,1-2H3,(H,17,18). The Kier molecular flexibility index (Phi) is 4.10. The van der Waals surface area contributed by atoms with E-state index in [9.17, 15) is 4.79 Å². The molecular weight excluding hydrogens is 242 g/mol. The van der Waals surface area contributed by atoms with E-state index in [2.05, 4.69) is 18.7 Å². The zero-order valence-corrected chi connectivity index (χ0v) is 11.6. The van der Waals surface area contributed by atoms with Gasteiger partial charge in [-0.15, -0.1) is 0 Å². The van der Waals surface area contributed by atoms with Gasteiger partial charge in [0.1, 0.15) is 17.9 Å². The smallest absolute Gasteiger partial charge is 0.339 e. The Morgan fingerprint density at radius 1 is 1.42 bits per heavy atom. The van der Waals surface area contributed by atoms with E-state index in [-0.39, 0.29) is 11.1 Å². The first kappa shape index (κ1) is 13.9. The normalized spacial score (nSPS) is 18.4. The fraction of sp³-hybridized carbons (Fsp3) is 0.533. The Morgan fingerprint density at radius 3 is 2.79 bits per heavy atom. The SMILES string of the molecule is CC1(C)CCCN1CCOc1ccccc1C(=O)O. The van der Waals surface area contributed by atoms with Crippen molar-refractivity contribution in [2.24, 2.45) is 0 Å². The van der Waals surface area contributed by atoms with Crippen molar-refractivity contribution in [3.8, 4) is 5.75 Å². The molecule has 1 aromatic carbocycles. The molecule has 1 N–H and O–H groups in total. The quantitative estimate of drug-likeness (QED) is 0.887. The second-order valence-electron chi connectivity index (χ2n) is 5.55. The first-order valence-electron chi connectivity index (χ1n) is 6.71. The molecule has 4 heteroatoms. The average molecular weight is 263 g/mol. The maximum Gasteiger partial charge on any atom is 0.339 e. The molecule has 0 amide bonds. The van der Waals surface area contributed by atoms with E-state index in [1.165, 1.54) is 12.8 Å². The third kappa shape index (κ3) is 3.26. The monoisotopic (exact) mass is 263 g/mol. The van der Waals surface area contributed by atoms with Gasteiger partial charge in [-0.25, -0.2) is 4.79 Å². The molecule has 0 radical (unpaired) electrons. The second kappa shape index (κ2) is 5.61. The second-order valence-corrected chi connectivity index (χ2v) is 5.55. The summed E-state index contributed by atoms with van der Waals surface area (Å²) in [5, 5.41) is 9.07. The van der Waals surface area contributed by atoms with Crippen LogP contribution in [0, 0.1) is 0 Å². The first-order valence-corrected chi connectivity index (χ1v) is 6.71. The van der Waals surface area contributed by atoms with Crippen molar-refractivity contribution in [2.45, 2.75) is 32.2 Å². The van der Waals surface area contributed by atoms with Crippen molar-refractivity contribution in [3.05, 3.63) is 29.8 Å². The molecule has 1 aliphatic heterocycles. The van der Waals surface area contributed by atoms with Crippen molar-refractivity contribution < 1.29 is 14.6 Å². The van der Waals surface area contributed by atoms with Crippen LogP contribution in [0.25, 0.3) is 0 Å². The van der Waals surface area contributed by atoms with E-state index in [0.29, 0.717) is 12.4 Å². The Morgan fingerprint density at radius 2 is 2.16 bits per heavy atom. The van der Waals surface area contributed by atoms with E-state index in [1.54, 1.807) is 24.3 Å². The van der Waals surface area contributed by atoms with E-state index < -0.39 is 5.97 Å². The lowest BCUT2D eigenvalue weighted by molar-refractivity contribution is 0.0690. The van der Waals surface area contributed by atoms with Gasteiger partial charge < -0.3 is 9.84 Å². The summed E-state index contributed by atoms with van der Waals surface area (Å²) in [6, 6.07) is 6.78. The molecule has 1 fully saturated rings. The van der Waals surface area contributed by atoms with Crippen molar-refractivity contribution >= 4 is 5.97 Å². The Bertz CT molecular complexity index is 456. The number of carbonyl (C=O) groups is 1. The summed E-state index contributed by atoms with van der Waals surface area (Å²) in [6.07, 6.45) is 2.43. The fourth-order valence-electron chi connectivity index (χ4n) is 2.61. The number of aromatic carboxylic acids is 1. The number of carboxylic acids is 1. The number of benzene rings is 1.